The number of nitrogens with zero attached hydrogens (tertiary/aromatic N) is 1. The van der Waals surface area contributed by atoms with Crippen molar-refractivity contribution in [2.24, 2.45) is 11.1 Å². The van der Waals surface area contributed by atoms with Gasteiger partial charge in [0.1, 0.15) is 0 Å². The van der Waals surface area contributed by atoms with Crippen molar-refractivity contribution in [2.75, 3.05) is 0 Å². The lowest BCUT2D eigenvalue weighted by Crippen LogP contribution is -2.06. The number of hydrogen-bond donors (Lipinski definition) is 1. The maximum Gasteiger partial charge on any atom is 0.0573 e. The fourth-order valence-corrected chi connectivity index (χ4v) is 3.61. The van der Waals surface area contributed by atoms with Crippen molar-refractivity contribution in [3.8, 4) is 0 Å². The molecule has 0 heterocycles. The molecule has 0 aromatic rings. The van der Waals surface area contributed by atoms with E-state index in [4.69, 9.17) is 0 Å². The number of unbranched alkanes of at least 4 members (excludes halogenated alkanes) is 13. The molecule has 0 saturated heterocycles. The predicted molar refractivity (Wildman–Crippen MR) is 113 cm³/mol. The number of hydrogen-bond acceptors (Lipinski definition) is 2. The van der Waals surface area contributed by atoms with Crippen LogP contribution in [0.25, 0.3) is 0 Å². The van der Waals surface area contributed by atoms with Crippen LogP contribution in [-0.2, 0) is 0 Å². The molecule has 0 spiro atoms. The van der Waals surface area contributed by atoms with Gasteiger partial charge in [0.2, 0.25) is 0 Å². The molecule has 0 aromatic heterocycles. The zero-order valence-electron chi connectivity index (χ0n) is 17.7. The molecule has 0 radical (unpaired) electrons. The van der Waals surface area contributed by atoms with Gasteiger partial charge in [-0.25, -0.2) is 0 Å². The largest absolute Gasteiger partial charge is 0.411 e. The van der Waals surface area contributed by atoms with Crippen molar-refractivity contribution in [2.45, 2.75) is 136 Å². The molecule has 0 aromatic carbocycles. The fourth-order valence-electron chi connectivity index (χ4n) is 3.61. The highest BCUT2D eigenvalue weighted by molar-refractivity contribution is 5.84. The van der Waals surface area contributed by atoms with E-state index in [-0.39, 0.29) is 0 Å². The van der Waals surface area contributed by atoms with Crippen molar-refractivity contribution >= 4 is 5.71 Å². The molecule has 0 saturated carbocycles. The second-order valence-electron chi connectivity index (χ2n) is 8.11. The van der Waals surface area contributed by atoms with Crippen LogP contribution in [0.1, 0.15) is 136 Å². The van der Waals surface area contributed by atoms with E-state index >= 15 is 0 Å². The summed E-state index contributed by atoms with van der Waals surface area (Å²) in [6.45, 7) is 6.86. The Kier molecular flexibility index (Phi) is 19.4. The zero-order valence-corrected chi connectivity index (χ0v) is 17.7. The normalized spacial score (nSPS) is 13.3. The summed E-state index contributed by atoms with van der Waals surface area (Å²) in [6, 6.07) is 0. The van der Waals surface area contributed by atoms with Gasteiger partial charge in [0.25, 0.3) is 0 Å². The maximum atomic E-state index is 9.25. The minimum Gasteiger partial charge on any atom is -0.411 e. The first-order valence-electron chi connectivity index (χ1n) is 11.4. The molecule has 0 amide bonds. The molecule has 1 unspecified atom stereocenters. The van der Waals surface area contributed by atoms with Crippen LogP contribution < -0.4 is 0 Å². The van der Waals surface area contributed by atoms with Gasteiger partial charge in [0.05, 0.1) is 5.71 Å². The summed E-state index contributed by atoms with van der Waals surface area (Å²) in [6.07, 6.45) is 23.6. The Labute approximate surface area is 158 Å². The van der Waals surface area contributed by atoms with Crippen molar-refractivity contribution in [3.63, 3.8) is 0 Å². The lowest BCUT2D eigenvalue weighted by Gasteiger charge is -2.12. The Hall–Kier alpha value is -0.530. The molecule has 0 bridgehead atoms. The van der Waals surface area contributed by atoms with E-state index in [1.165, 1.54) is 103 Å². The SMILES string of the molecule is CCCCCCCCCCC(CC(C)CCCCCCCCC)=NO. The lowest BCUT2D eigenvalue weighted by molar-refractivity contribution is 0.313. The second-order valence-corrected chi connectivity index (χ2v) is 8.11. The second kappa shape index (κ2) is 19.8. The molecule has 2 nitrogen and oxygen atoms in total. The van der Waals surface area contributed by atoms with Crippen molar-refractivity contribution < 1.29 is 5.21 Å². The zero-order chi connectivity index (χ0) is 18.6. The Morgan fingerprint density at radius 1 is 0.680 bits per heavy atom. The Balaban J connectivity index is 3.53. The minimum absolute atomic E-state index is 0.663. The topological polar surface area (TPSA) is 32.6 Å². The van der Waals surface area contributed by atoms with Crippen LogP contribution in [0.5, 0.6) is 0 Å². The molecule has 1 N–H and O–H groups in total. The first-order valence-corrected chi connectivity index (χ1v) is 11.4. The third-order valence-corrected chi connectivity index (χ3v) is 5.34. The van der Waals surface area contributed by atoms with Crippen LogP contribution in [0.2, 0.25) is 0 Å². The summed E-state index contributed by atoms with van der Waals surface area (Å²) < 4.78 is 0. The summed E-state index contributed by atoms with van der Waals surface area (Å²) in [5.41, 5.74) is 1.03. The molecule has 25 heavy (non-hydrogen) atoms. The number of rotatable bonds is 19. The van der Waals surface area contributed by atoms with Crippen LogP contribution in [0.15, 0.2) is 5.16 Å². The summed E-state index contributed by atoms with van der Waals surface area (Å²) in [5, 5.41) is 12.8. The van der Waals surface area contributed by atoms with Gasteiger partial charge >= 0.3 is 0 Å². The highest BCUT2D eigenvalue weighted by atomic mass is 16.4. The van der Waals surface area contributed by atoms with E-state index < -0.39 is 0 Å². The quantitative estimate of drug-likeness (QED) is 0.107. The summed E-state index contributed by atoms with van der Waals surface area (Å²) in [7, 11) is 0. The Bertz CT molecular complexity index is 288. The Morgan fingerprint density at radius 3 is 1.60 bits per heavy atom. The highest BCUT2D eigenvalue weighted by Crippen LogP contribution is 2.18. The van der Waals surface area contributed by atoms with Gasteiger partial charge in [-0.2, -0.15) is 0 Å². The van der Waals surface area contributed by atoms with Gasteiger partial charge in [-0.15, -0.1) is 0 Å². The fraction of sp³-hybridized carbons (Fsp3) is 0.957. The summed E-state index contributed by atoms with van der Waals surface area (Å²) >= 11 is 0. The lowest BCUT2D eigenvalue weighted by atomic mass is 9.94. The molecule has 1 atom stereocenters. The predicted octanol–water partition coefficient (Wildman–Crippen LogP) is 8.51. The molecule has 0 rings (SSSR count). The van der Waals surface area contributed by atoms with Crippen LogP contribution in [0.3, 0.4) is 0 Å². The first-order chi connectivity index (χ1) is 12.2. The molecule has 0 aliphatic rings. The first kappa shape index (κ1) is 24.5. The van der Waals surface area contributed by atoms with Gasteiger partial charge in [-0.3, -0.25) is 0 Å². The monoisotopic (exact) mass is 353 g/mol. The van der Waals surface area contributed by atoms with E-state index in [0.29, 0.717) is 5.92 Å². The van der Waals surface area contributed by atoms with Crippen molar-refractivity contribution in [3.05, 3.63) is 0 Å². The molecule has 0 fully saturated rings. The van der Waals surface area contributed by atoms with Gasteiger partial charge < -0.3 is 5.21 Å². The van der Waals surface area contributed by atoms with E-state index in [0.717, 1.165) is 18.6 Å². The summed E-state index contributed by atoms with van der Waals surface area (Å²) in [4.78, 5) is 0. The minimum atomic E-state index is 0.663. The van der Waals surface area contributed by atoms with E-state index in [2.05, 4.69) is 25.9 Å². The molecular weight excluding hydrogens is 306 g/mol. The van der Waals surface area contributed by atoms with Crippen LogP contribution in [-0.4, -0.2) is 10.9 Å². The standard InChI is InChI=1S/C23H47NO/c1-4-6-8-10-12-14-16-18-20-23(24-25)21-22(3)19-17-15-13-11-9-7-5-2/h22,25H,4-21H2,1-3H3. The van der Waals surface area contributed by atoms with E-state index in [9.17, 15) is 5.21 Å². The molecule has 2 heteroatoms. The van der Waals surface area contributed by atoms with Crippen molar-refractivity contribution in [1.29, 1.82) is 0 Å². The molecule has 150 valence electrons. The third-order valence-electron chi connectivity index (χ3n) is 5.34. The van der Waals surface area contributed by atoms with Crippen LogP contribution in [0, 0.1) is 5.92 Å². The van der Waals surface area contributed by atoms with Crippen molar-refractivity contribution in [1.82, 2.24) is 0 Å². The average Bonchev–Trinajstić information content (AvgIpc) is 2.62. The maximum absolute atomic E-state index is 9.25. The molecular formula is C23H47NO. The Morgan fingerprint density at radius 2 is 1.12 bits per heavy atom. The third kappa shape index (κ3) is 18.1. The van der Waals surface area contributed by atoms with Gasteiger partial charge in [-0.1, -0.05) is 122 Å². The van der Waals surface area contributed by atoms with Crippen LogP contribution >= 0.6 is 0 Å². The molecule has 0 aliphatic carbocycles. The van der Waals surface area contributed by atoms with Crippen LogP contribution in [0.4, 0.5) is 0 Å². The van der Waals surface area contributed by atoms with E-state index in [1.807, 2.05) is 0 Å². The number of oxime groups is 1. The van der Waals surface area contributed by atoms with Gasteiger partial charge in [0.15, 0.2) is 0 Å². The van der Waals surface area contributed by atoms with Gasteiger partial charge in [0, 0.05) is 0 Å². The average molecular weight is 354 g/mol. The van der Waals surface area contributed by atoms with Gasteiger partial charge in [-0.05, 0) is 25.2 Å². The van der Waals surface area contributed by atoms with E-state index in [1.54, 1.807) is 0 Å². The molecule has 0 aliphatic heterocycles. The highest BCUT2D eigenvalue weighted by Gasteiger charge is 2.08. The smallest absolute Gasteiger partial charge is 0.0573 e. The summed E-state index contributed by atoms with van der Waals surface area (Å²) in [5.74, 6) is 0.663.